The maximum Gasteiger partial charge on any atom is 0.225 e. The first-order chi connectivity index (χ1) is 7.29. The molecule has 1 amide bonds. The molecule has 0 aromatic carbocycles. The average Bonchev–Trinajstić information content (AvgIpc) is 2.82. The average molecular weight is 249 g/mol. The minimum absolute atomic E-state index is 0. The summed E-state index contributed by atoms with van der Waals surface area (Å²) in [6, 6.07) is 0.403. The smallest absolute Gasteiger partial charge is 0.225 e. The molecular formula is C11H21ClN2O2. The van der Waals surface area contributed by atoms with Gasteiger partial charge >= 0.3 is 0 Å². The second-order valence-electron chi connectivity index (χ2n) is 4.48. The number of rotatable bonds is 2. The van der Waals surface area contributed by atoms with Gasteiger partial charge in [-0.3, -0.25) is 4.79 Å². The highest BCUT2D eigenvalue weighted by Gasteiger charge is 2.29. The molecule has 2 aliphatic rings. The second-order valence-corrected chi connectivity index (χ2v) is 4.48. The van der Waals surface area contributed by atoms with Gasteiger partial charge in [0.2, 0.25) is 5.91 Å². The van der Waals surface area contributed by atoms with Crippen LogP contribution in [0, 0.1) is 5.92 Å². The van der Waals surface area contributed by atoms with E-state index in [9.17, 15) is 4.79 Å². The summed E-state index contributed by atoms with van der Waals surface area (Å²) in [7, 11) is 1.94. The van der Waals surface area contributed by atoms with E-state index in [-0.39, 0.29) is 18.3 Å². The van der Waals surface area contributed by atoms with Gasteiger partial charge in [-0.05, 0) is 25.8 Å². The number of likely N-dealkylation sites (N-methyl/N-ethyl adjacent to an activating group) is 1. The zero-order valence-electron chi connectivity index (χ0n) is 9.78. The topological polar surface area (TPSA) is 41.6 Å². The van der Waals surface area contributed by atoms with E-state index in [1.807, 2.05) is 11.9 Å². The summed E-state index contributed by atoms with van der Waals surface area (Å²) in [4.78, 5) is 14.1. The Kier molecular flexibility index (Phi) is 5.52. The first-order valence-corrected chi connectivity index (χ1v) is 5.84. The molecule has 0 aliphatic carbocycles. The molecule has 0 aromatic rings. The van der Waals surface area contributed by atoms with Crippen molar-refractivity contribution in [3.05, 3.63) is 0 Å². The zero-order chi connectivity index (χ0) is 10.7. The van der Waals surface area contributed by atoms with Crippen molar-refractivity contribution >= 4 is 18.3 Å². The number of carbonyl (C=O) groups is 1. The predicted octanol–water partition coefficient (Wildman–Crippen LogP) is 0.655. The number of hydrogen-bond donors (Lipinski definition) is 1. The minimum atomic E-state index is 0. The Morgan fingerprint density at radius 2 is 2.00 bits per heavy atom. The van der Waals surface area contributed by atoms with Crippen molar-refractivity contribution in [2.24, 2.45) is 5.92 Å². The van der Waals surface area contributed by atoms with Crippen LogP contribution in [0.4, 0.5) is 0 Å². The van der Waals surface area contributed by atoms with Gasteiger partial charge in [0.05, 0.1) is 0 Å². The summed E-state index contributed by atoms with van der Waals surface area (Å²) in [5.74, 6) is 0.511. The molecule has 0 saturated carbocycles. The van der Waals surface area contributed by atoms with Gasteiger partial charge in [0.15, 0.2) is 0 Å². The third-order valence-electron chi connectivity index (χ3n) is 3.50. The van der Waals surface area contributed by atoms with Crippen LogP contribution in [-0.2, 0) is 9.53 Å². The number of ether oxygens (including phenoxy) is 1. The quantitative estimate of drug-likeness (QED) is 0.781. The van der Waals surface area contributed by atoms with E-state index in [4.69, 9.17) is 4.74 Å². The highest BCUT2D eigenvalue weighted by atomic mass is 35.5. The van der Waals surface area contributed by atoms with Crippen LogP contribution < -0.4 is 5.32 Å². The molecule has 2 saturated heterocycles. The predicted molar refractivity (Wildman–Crippen MR) is 64.8 cm³/mol. The van der Waals surface area contributed by atoms with Gasteiger partial charge in [0.25, 0.3) is 0 Å². The molecule has 2 rings (SSSR count). The molecule has 94 valence electrons. The third-order valence-corrected chi connectivity index (χ3v) is 3.50. The largest absolute Gasteiger partial charge is 0.381 e. The van der Waals surface area contributed by atoms with Crippen molar-refractivity contribution in [1.29, 1.82) is 0 Å². The molecule has 0 unspecified atom stereocenters. The summed E-state index contributed by atoms with van der Waals surface area (Å²) in [5.41, 5.74) is 0. The first-order valence-electron chi connectivity index (χ1n) is 5.84. The normalized spacial score (nSPS) is 26.2. The van der Waals surface area contributed by atoms with E-state index in [1.54, 1.807) is 0 Å². The summed E-state index contributed by atoms with van der Waals surface area (Å²) in [6.07, 6.45) is 2.87. The highest BCUT2D eigenvalue weighted by molar-refractivity contribution is 5.85. The minimum Gasteiger partial charge on any atom is -0.381 e. The zero-order valence-corrected chi connectivity index (χ0v) is 10.6. The molecule has 4 nitrogen and oxygen atoms in total. The molecule has 1 atom stereocenters. The number of hydrogen-bond acceptors (Lipinski definition) is 3. The molecule has 2 heterocycles. The van der Waals surface area contributed by atoms with Crippen LogP contribution in [-0.4, -0.2) is 50.2 Å². The SMILES string of the molecule is CN(C(=O)C1CCOCC1)[C@@H]1CCNC1.Cl. The molecule has 0 radical (unpaired) electrons. The molecule has 5 heteroatoms. The molecule has 0 bridgehead atoms. The van der Waals surface area contributed by atoms with Gasteiger partial charge in [-0.1, -0.05) is 0 Å². The van der Waals surface area contributed by atoms with Crippen molar-refractivity contribution < 1.29 is 9.53 Å². The summed E-state index contributed by atoms with van der Waals surface area (Å²) in [6.45, 7) is 3.47. The van der Waals surface area contributed by atoms with Crippen LogP contribution in [0.2, 0.25) is 0 Å². The van der Waals surface area contributed by atoms with Crippen molar-refractivity contribution in [3.63, 3.8) is 0 Å². The Bertz CT molecular complexity index is 226. The van der Waals surface area contributed by atoms with E-state index in [0.717, 1.165) is 45.6 Å². The van der Waals surface area contributed by atoms with Gasteiger partial charge in [0, 0.05) is 38.8 Å². The second kappa shape index (κ2) is 6.42. The first kappa shape index (κ1) is 13.7. The molecule has 16 heavy (non-hydrogen) atoms. The van der Waals surface area contributed by atoms with Crippen LogP contribution in [0.5, 0.6) is 0 Å². The van der Waals surface area contributed by atoms with Crippen molar-refractivity contribution in [2.75, 3.05) is 33.4 Å². The fraction of sp³-hybridized carbons (Fsp3) is 0.909. The Hall–Kier alpha value is -0.320. The Labute approximate surface area is 103 Å². The lowest BCUT2D eigenvalue weighted by atomic mass is 9.98. The number of nitrogens with one attached hydrogen (secondary N) is 1. The van der Waals surface area contributed by atoms with Crippen LogP contribution in [0.15, 0.2) is 0 Å². The van der Waals surface area contributed by atoms with Crippen LogP contribution in [0.25, 0.3) is 0 Å². The third kappa shape index (κ3) is 3.09. The molecular weight excluding hydrogens is 228 g/mol. The lowest BCUT2D eigenvalue weighted by Gasteiger charge is -2.30. The lowest BCUT2D eigenvalue weighted by molar-refractivity contribution is -0.139. The Morgan fingerprint density at radius 1 is 1.31 bits per heavy atom. The lowest BCUT2D eigenvalue weighted by Crippen LogP contribution is -2.43. The van der Waals surface area contributed by atoms with Crippen molar-refractivity contribution in [1.82, 2.24) is 10.2 Å². The van der Waals surface area contributed by atoms with Crippen LogP contribution in [0.1, 0.15) is 19.3 Å². The van der Waals surface area contributed by atoms with E-state index >= 15 is 0 Å². The van der Waals surface area contributed by atoms with Gasteiger partial charge in [-0.15, -0.1) is 12.4 Å². The monoisotopic (exact) mass is 248 g/mol. The van der Waals surface area contributed by atoms with Gasteiger partial charge < -0.3 is 15.0 Å². The maximum absolute atomic E-state index is 12.1. The van der Waals surface area contributed by atoms with Crippen LogP contribution >= 0.6 is 12.4 Å². The molecule has 0 aromatic heterocycles. The summed E-state index contributed by atoms with van der Waals surface area (Å²) in [5, 5.41) is 3.29. The Morgan fingerprint density at radius 3 is 2.56 bits per heavy atom. The summed E-state index contributed by atoms with van der Waals surface area (Å²) < 4.78 is 5.27. The molecule has 2 aliphatic heterocycles. The van der Waals surface area contributed by atoms with E-state index in [2.05, 4.69) is 5.32 Å². The number of nitrogens with zero attached hydrogens (tertiary/aromatic N) is 1. The molecule has 2 fully saturated rings. The maximum atomic E-state index is 12.1. The fourth-order valence-electron chi connectivity index (χ4n) is 2.38. The Balaban J connectivity index is 0.00000128. The molecule has 0 spiro atoms. The standard InChI is InChI=1S/C11H20N2O2.ClH/c1-13(10-2-5-12-8-10)11(14)9-3-6-15-7-4-9;/h9-10,12H,2-8H2,1H3;1H/t10-;/m1./s1. The van der Waals surface area contributed by atoms with Crippen LogP contribution in [0.3, 0.4) is 0 Å². The molecule has 1 N–H and O–H groups in total. The number of carbonyl (C=O) groups excluding carboxylic acids is 1. The van der Waals surface area contributed by atoms with Gasteiger partial charge in [-0.2, -0.15) is 0 Å². The van der Waals surface area contributed by atoms with E-state index in [1.165, 1.54) is 0 Å². The number of amides is 1. The van der Waals surface area contributed by atoms with Crippen molar-refractivity contribution in [3.8, 4) is 0 Å². The highest BCUT2D eigenvalue weighted by Crippen LogP contribution is 2.19. The fourth-order valence-corrected chi connectivity index (χ4v) is 2.38. The van der Waals surface area contributed by atoms with E-state index in [0.29, 0.717) is 11.9 Å². The summed E-state index contributed by atoms with van der Waals surface area (Å²) >= 11 is 0. The number of halogens is 1. The van der Waals surface area contributed by atoms with E-state index < -0.39 is 0 Å². The van der Waals surface area contributed by atoms with Gasteiger partial charge in [0.1, 0.15) is 0 Å². The van der Waals surface area contributed by atoms with Gasteiger partial charge in [-0.25, -0.2) is 0 Å². The van der Waals surface area contributed by atoms with Crippen molar-refractivity contribution in [2.45, 2.75) is 25.3 Å².